The van der Waals surface area contributed by atoms with E-state index >= 15 is 8.78 Å². The van der Waals surface area contributed by atoms with Gasteiger partial charge in [0.1, 0.15) is 41.0 Å². The van der Waals surface area contributed by atoms with Gasteiger partial charge in [-0.05, 0) is 55.5 Å². The maximum absolute atomic E-state index is 17.5. The van der Waals surface area contributed by atoms with E-state index in [4.69, 9.17) is 28.0 Å². The summed E-state index contributed by atoms with van der Waals surface area (Å²) in [5.41, 5.74) is 6.48. The number of nitrogens with zero attached hydrogens (tertiary/aromatic N) is 6. The molecule has 3 unspecified atom stereocenters. The van der Waals surface area contributed by atoms with Crippen LogP contribution in [0.25, 0.3) is 32.1 Å². The van der Waals surface area contributed by atoms with E-state index in [0.717, 1.165) is 30.7 Å². The normalized spacial score (nSPS) is 26.6. The molecular weight excluding hydrogens is 670 g/mol. The van der Waals surface area contributed by atoms with E-state index in [0.29, 0.717) is 52.8 Å². The number of hydrogen-bond donors (Lipinski definition) is 3. The summed E-state index contributed by atoms with van der Waals surface area (Å²) in [7, 11) is 5.67. The first kappa shape index (κ1) is 32.2. The fourth-order valence-corrected chi connectivity index (χ4v) is 10.1. The third-order valence-electron chi connectivity index (χ3n) is 11.4. The maximum Gasteiger partial charge on any atom is 0.319 e. The van der Waals surface area contributed by atoms with Gasteiger partial charge in [-0.1, -0.05) is 0 Å². The molecular formula is C34H33BF3N7O4S. The van der Waals surface area contributed by atoms with Gasteiger partial charge in [0.05, 0.1) is 29.7 Å². The molecule has 2 bridgehead atoms. The Balaban J connectivity index is 1.26. The van der Waals surface area contributed by atoms with Gasteiger partial charge in [0, 0.05) is 59.4 Å². The van der Waals surface area contributed by atoms with Crippen molar-refractivity contribution in [2.24, 2.45) is 0 Å². The zero-order valence-electron chi connectivity index (χ0n) is 27.0. The summed E-state index contributed by atoms with van der Waals surface area (Å²) >= 11 is 1.13. The summed E-state index contributed by atoms with van der Waals surface area (Å²) < 4.78 is 60.9. The van der Waals surface area contributed by atoms with Gasteiger partial charge in [-0.3, -0.25) is 9.80 Å². The number of hydrogen-bond acceptors (Lipinski definition) is 12. The number of piperazine rings is 1. The van der Waals surface area contributed by atoms with Crippen LogP contribution >= 0.6 is 11.3 Å². The molecule has 258 valence electrons. The van der Waals surface area contributed by atoms with Crippen molar-refractivity contribution in [1.29, 1.82) is 5.26 Å². The molecule has 0 spiro atoms. The molecule has 4 N–H and O–H groups in total. The third kappa shape index (κ3) is 4.74. The number of rotatable bonds is 6. The van der Waals surface area contributed by atoms with Crippen LogP contribution < -0.4 is 15.4 Å². The highest BCUT2D eigenvalue weighted by molar-refractivity contribution is 7.23. The molecule has 4 saturated heterocycles. The molecule has 0 aliphatic carbocycles. The average molecular weight is 704 g/mol. The Labute approximate surface area is 290 Å². The number of thiophene rings is 1. The van der Waals surface area contributed by atoms with Gasteiger partial charge in [-0.2, -0.15) is 15.2 Å². The van der Waals surface area contributed by atoms with Crippen LogP contribution in [0.3, 0.4) is 0 Å². The first-order valence-electron chi connectivity index (χ1n) is 16.8. The molecule has 2 aromatic carbocycles. The van der Waals surface area contributed by atoms with Gasteiger partial charge in [0.25, 0.3) is 0 Å². The SMILES string of the molecule is [B]C(O)(O)N1CC2CCC(C1)N2c1nc(OC[C@@]23CCCN2CC(F)C3)nc2c(F)c(-c3c(F)ccc4sc(N)c(C#N)c34)c3c(c12)COC3. The van der Waals surface area contributed by atoms with Crippen LogP contribution in [-0.2, 0) is 18.0 Å². The number of anilines is 2. The van der Waals surface area contributed by atoms with Crippen molar-refractivity contribution in [2.75, 3.05) is 43.4 Å². The Kier molecular flexibility index (Phi) is 7.34. The smallest absolute Gasteiger partial charge is 0.319 e. The summed E-state index contributed by atoms with van der Waals surface area (Å²) in [5.74, 6) is -3.65. The number of fused-ring (bicyclic) bond motifs is 7. The molecule has 4 fully saturated rings. The Morgan fingerprint density at radius 1 is 1.12 bits per heavy atom. The van der Waals surface area contributed by atoms with Gasteiger partial charge in [-0.15, -0.1) is 11.3 Å². The Hall–Kier alpha value is -3.72. The number of nitrogens with two attached hydrogens (primary N) is 1. The molecule has 5 aliphatic heterocycles. The van der Waals surface area contributed by atoms with Crippen LogP contribution in [0.15, 0.2) is 12.1 Å². The van der Waals surface area contributed by atoms with Crippen molar-refractivity contribution in [3.63, 3.8) is 0 Å². The summed E-state index contributed by atoms with van der Waals surface area (Å²) in [6.07, 6.45) is 2.39. The maximum atomic E-state index is 17.5. The lowest BCUT2D eigenvalue weighted by Crippen LogP contribution is -2.62. The van der Waals surface area contributed by atoms with E-state index in [1.807, 2.05) is 0 Å². The third-order valence-corrected chi connectivity index (χ3v) is 12.4. The molecule has 50 heavy (non-hydrogen) atoms. The number of likely N-dealkylation sites (tertiary alicyclic amines) is 1. The van der Waals surface area contributed by atoms with Crippen molar-refractivity contribution in [3.8, 4) is 23.2 Å². The van der Waals surface area contributed by atoms with Gasteiger partial charge >= 0.3 is 6.01 Å². The fraction of sp³-hybridized carbons (Fsp3) is 0.500. The minimum atomic E-state index is -2.51. The second-order valence-electron chi connectivity index (χ2n) is 14.2. The first-order chi connectivity index (χ1) is 24.0. The second-order valence-corrected chi connectivity index (χ2v) is 15.3. The monoisotopic (exact) mass is 703 g/mol. The molecule has 2 aromatic heterocycles. The van der Waals surface area contributed by atoms with E-state index in [2.05, 4.69) is 20.9 Å². The minimum absolute atomic E-state index is 0.0132. The van der Waals surface area contributed by atoms with Crippen LogP contribution in [0.1, 0.15) is 48.8 Å². The lowest BCUT2D eigenvalue weighted by atomic mass is 9.90. The van der Waals surface area contributed by atoms with Gasteiger partial charge in [0.15, 0.2) is 19.5 Å². The van der Waals surface area contributed by atoms with E-state index in [1.165, 1.54) is 17.0 Å². The highest BCUT2D eigenvalue weighted by Gasteiger charge is 2.50. The number of aromatic nitrogens is 2. The second kappa shape index (κ2) is 11.4. The predicted octanol–water partition coefficient (Wildman–Crippen LogP) is 3.65. The first-order valence-corrected chi connectivity index (χ1v) is 17.6. The largest absolute Gasteiger partial charge is 0.461 e. The summed E-state index contributed by atoms with van der Waals surface area (Å²) in [6, 6.07) is 4.22. The van der Waals surface area contributed by atoms with Crippen LogP contribution in [0, 0.1) is 23.0 Å². The lowest BCUT2D eigenvalue weighted by Gasteiger charge is -2.46. The van der Waals surface area contributed by atoms with Gasteiger partial charge in [-0.25, -0.2) is 13.2 Å². The van der Waals surface area contributed by atoms with E-state index < -0.39 is 29.2 Å². The molecule has 0 saturated carbocycles. The Bertz CT molecular complexity index is 2110. The van der Waals surface area contributed by atoms with Gasteiger partial charge < -0.3 is 30.3 Å². The zero-order valence-corrected chi connectivity index (χ0v) is 27.8. The molecule has 16 heteroatoms. The summed E-state index contributed by atoms with van der Waals surface area (Å²) in [4.78, 5) is 15.1. The molecule has 7 heterocycles. The quantitative estimate of drug-likeness (QED) is 0.200. The number of alkyl halides is 1. The topological polar surface area (TPSA) is 144 Å². The Morgan fingerprint density at radius 3 is 2.62 bits per heavy atom. The molecule has 11 nitrogen and oxygen atoms in total. The zero-order chi connectivity index (χ0) is 34.7. The number of nitriles is 1. The van der Waals surface area contributed by atoms with Gasteiger partial charge in [0.2, 0.25) is 0 Å². The number of benzene rings is 2. The standard InChI is InChI=1S/C34H33BF3N7O4S/c35-34(46,47)44-11-17-2-3-18(12-44)45(17)31-26-21-14-48-13-20(21)25(27-22(37)4-5-23-24(27)19(9-39)30(40)50-23)28(38)29(26)41-32(42-31)49-15-33-6-1-7-43(33)10-16(36)8-33/h4-5,16-18,46-47H,1-3,6-8,10-15,40H2/t16?,17?,18?,33-/m0/s1. The molecule has 5 aliphatic rings. The van der Waals surface area contributed by atoms with Crippen molar-refractivity contribution < 1.29 is 32.9 Å². The molecule has 2 radical (unpaired) electrons. The average Bonchev–Trinajstić information content (AvgIpc) is 3.88. The molecule has 9 rings (SSSR count). The predicted molar refractivity (Wildman–Crippen MR) is 180 cm³/mol. The fourth-order valence-electron chi connectivity index (χ4n) is 9.21. The van der Waals surface area contributed by atoms with Crippen LogP contribution in [0.4, 0.5) is 24.0 Å². The highest BCUT2D eigenvalue weighted by atomic mass is 32.1. The summed E-state index contributed by atoms with van der Waals surface area (Å²) in [6.45, 7) is 1.69. The van der Waals surface area contributed by atoms with E-state index in [-0.39, 0.29) is 83.6 Å². The van der Waals surface area contributed by atoms with Crippen LogP contribution in [0.5, 0.6) is 6.01 Å². The number of halogens is 3. The van der Waals surface area contributed by atoms with Crippen molar-refractivity contribution in [3.05, 3.63) is 40.5 Å². The minimum Gasteiger partial charge on any atom is -0.461 e. The van der Waals surface area contributed by atoms with Crippen molar-refractivity contribution >= 4 is 51.0 Å². The highest BCUT2D eigenvalue weighted by Crippen LogP contribution is 2.49. The van der Waals surface area contributed by atoms with Crippen molar-refractivity contribution in [1.82, 2.24) is 19.8 Å². The van der Waals surface area contributed by atoms with Crippen molar-refractivity contribution in [2.45, 2.75) is 74.9 Å². The van der Waals surface area contributed by atoms with E-state index in [9.17, 15) is 19.9 Å². The van der Waals surface area contributed by atoms with E-state index in [1.54, 1.807) is 0 Å². The van der Waals surface area contributed by atoms with Crippen LogP contribution in [-0.4, -0.2) is 100 Å². The lowest BCUT2D eigenvalue weighted by molar-refractivity contribution is -0.202. The molecule has 4 atom stereocenters. The number of ether oxygens (including phenoxy) is 2. The summed E-state index contributed by atoms with van der Waals surface area (Å²) in [5, 5.41) is 31.3. The Morgan fingerprint density at radius 2 is 1.88 bits per heavy atom. The number of aliphatic hydroxyl groups is 2. The molecule has 4 aromatic rings. The number of nitrogen functional groups attached to an aromatic ring is 1. The molecule has 0 amide bonds. The van der Waals surface area contributed by atoms with Crippen LogP contribution in [0.2, 0.25) is 0 Å².